The SMILES string of the molecule is CCOCCNc1ccc(C(F)(F)F)c(C#N)c1. The Balaban J connectivity index is 2.77. The number of anilines is 1. The molecule has 0 radical (unpaired) electrons. The first kappa shape index (κ1) is 14.3. The lowest BCUT2D eigenvalue weighted by Gasteiger charge is -2.11. The third-order valence-electron chi connectivity index (χ3n) is 2.23. The molecule has 3 nitrogen and oxygen atoms in total. The van der Waals surface area contributed by atoms with E-state index in [1.165, 1.54) is 12.1 Å². The Labute approximate surface area is 103 Å². The van der Waals surface area contributed by atoms with Gasteiger partial charge in [-0.15, -0.1) is 0 Å². The summed E-state index contributed by atoms with van der Waals surface area (Å²) in [5.74, 6) is 0. The first-order valence-electron chi connectivity index (χ1n) is 5.42. The summed E-state index contributed by atoms with van der Waals surface area (Å²) in [6.45, 7) is 3.37. The van der Waals surface area contributed by atoms with Crippen molar-refractivity contribution in [3.05, 3.63) is 29.3 Å². The van der Waals surface area contributed by atoms with Crippen LogP contribution in [-0.4, -0.2) is 19.8 Å². The van der Waals surface area contributed by atoms with Gasteiger partial charge >= 0.3 is 6.18 Å². The number of rotatable bonds is 5. The summed E-state index contributed by atoms with van der Waals surface area (Å²) in [6, 6.07) is 4.95. The minimum Gasteiger partial charge on any atom is -0.383 e. The smallest absolute Gasteiger partial charge is 0.383 e. The van der Waals surface area contributed by atoms with Crippen molar-refractivity contribution in [2.45, 2.75) is 13.1 Å². The summed E-state index contributed by atoms with van der Waals surface area (Å²) < 4.78 is 42.7. The summed E-state index contributed by atoms with van der Waals surface area (Å²) in [4.78, 5) is 0. The first-order chi connectivity index (χ1) is 8.49. The van der Waals surface area contributed by atoms with Gasteiger partial charge in [0.25, 0.3) is 0 Å². The highest BCUT2D eigenvalue weighted by Gasteiger charge is 2.33. The van der Waals surface area contributed by atoms with Gasteiger partial charge in [0.15, 0.2) is 0 Å². The van der Waals surface area contributed by atoms with Gasteiger partial charge in [-0.2, -0.15) is 18.4 Å². The normalized spacial score (nSPS) is 11.1. The van der Waals surface area contributed by atoms with Crippen molar-refractivity contribution in [1.82, 2.24) is 0 Å². The van der Waals surface area contributed by atoms with Crippen molar-refractivity contribution >= 4 is 5.69 Å². The monoisotopic (exact) mass is 258 g/mol. The molecule has 1 rings (SSSR count). The molecule has 18 heavy (non-hydrogen) atoms. The number of hydrogen-bond donors (Lipinski definition) is 1. The summed E-state index contributed by atoms with van der Waals surface area (Å²) in [6.07, 6.45) is -4.51. The lowest BCUT2D eigenvalue weighted by atomic mass is 10.1. The Morgan fingerprint density at radius 1 is 1.39 bits per heavy atom. The van der Waals surface area contributed by atoms with Crippen LogP contribution in [0.4, 0.5) is 18.9 Å². The molecule has 0 heterocycles. The Kier molecular flexibility index (Phi) is 4.98. The van der Waals surface area contributed by atoms with Gasteiger partial charge in [0.2, 0.25) is 0 Å². The van der Waals surface area contributed by atoms with Gasteiger partial charge in [0.1, 0.15) is 0 Å². The van der Waals surface area contributed by atoms with Crippen molar-refractivity contribution in [3.63, 3.8) is 0 Å². The number of alkyl halides is 3. The van der Waals surface area contributed by atoms with Crippen LogP contribution in [0.5, 0.6) is 0 Å². The van der Waals surface area contributed by atoms with E-state index in [9.17, 15) is 13.2 Å². The summed E-state index contributed by atoms with van der Waals surface area (Å²) in [5, 5.41) is 11.6. The Morgan fingerprint density at radius 3 is 2.67 bits per heavy atom. The predicted molar refractivity (Wildman–Crippen MR) is 61.1 cm³/mol. The van der Waals surface area contributed by atoms with E-state index in [1.54, 1.807) is 6.07 Å². The second-order valence-electron chi connectivity index (χ2n) is 3.49. The first-order valence-corrected chi connectivity index (χ1v) is 5.42. The maximum atomic E-state index is 12.5. The van der Waals surface area contributed by atoms with E-state index < -0.39 is 11.7 Å². The van der Waals surface area contributed by atoms with Crippen LogP contribution in [0.25, 0.3) is 0 Å². The number of nitriles is 1. The van der Waals surface area contributed by atoms with Gasteiger partial charge in [-0.25, -0.2) is 0 Å². The van der Waals surface area contributed by atoms with Crippen LogP contribution in [0.3, 0.4) is 0 Å². The highest BCUT2D eigenvalue weighted by atomic mass is 19.4. The van der Waals surface area contributed by atoms with Gasteiger partial charge < -0.3 is 10.1 Å². The molecule has 6 heteroatoms. The molecule has 98 valence electrons. The molecule has 0 aliphatic heterocycles. The molecule has 1 aromatic rings. The Morgan fingerprint density at radius 2 is 2.11 bits per heavy atom. The number of nitrogens with one attached hydrogen (secondary N) is 1. The predicted octanol–water partition coefficient (Wildman–Crippen LogP) is 3.03. The zero-order valence-electron chi connectivity index (χ0n) is 9.84. The molecular weight excluding hydrogens is 245 g/mol. The molecule has 1 aromatic carbocycles. The quantitative estimate of drug-likeness (QED) is 0.826. The molecule has 1 N–H and O–H groups in total. The van der Waals surface area contributed by atoms with Crippen molar-refractivity contribution < 1.29 is 17.9 Å². The Hall–Kier alpha value is -1.74. The zero-order chi connectivity index (χ0) is 13.6. The van der Waals surface area contributed by atoms with Crippen LogP contribution < -0.4 is 5.32 Å². The summed E-state index contributed by atoms with van der Waals surface area (Å²) in [5.41, 5.74) is -0.830. The van der Waals surface area contributed by atoms with Crippen LogP contribution in [0, 0.1) is 11.3 Å². The highest BCUT2D eigenvalue weighted by molar-refractivity contribution is 5.53. The van der Waals surface area contributed by atoms with Gasteiger partial charge in [0, 0.05) is 18.8 Å². The van der Waals surface area contributed by atoms with Crippen molar-refractivity contribution in [3.8, 4) is 6.07 Å². The van der Waals surface area contributed by atoms with Gasteiger partial charge in [-0.3, -0.25) is 0 Å². The molecule has 0 amide bonds. The molecule has 0 fully saturated rings. The number of halogens is 3. The van der Waals surface area contributed by atoms with Crippen LogP contribution in [0.15, 0.2) is 18.2 Å². The molecule has 0 spiro atoms. The van der Waals surface area contributed by atoms with E-state index in [0.717, 1.165) is 6.07 Å². The minimum atomic E-state index is -4.51. The number of nitrogens with zero attached hydrogens (tertiary/aromatic N) is 1. The second kappa shape index (κ2) is 6.26. The van der Waals surface area contributed by atoms with E-state index in [-0.39, 0.29) is 5.56 Å². The number of ether oxygens (including phenoxy) is 1. The topological polar surface area (TPSA) is 45.0 Å². The molecule has 0 unspecified atom stereocenters. The molecule has 0 saturated heterocycles. The van der Waals surface area contributed by atoms with Crippen molar-refractivity contribution in [1.29, 1.82) is 5.26 Å². The van der Waals surface area contributed by atoms with E-state index >= 15 is 0 Å². The lowest BCUT2D eigenvalue weighted by Crippen LogP contribution is -2.11. The van der Waals surface area contributed by atoms with Crippen molar-refractivity contribution in [2.75, 3.05) is 25.1 Å². The van der Waals surface area contributed by atoms with E-state index in [1.807, 2.05) is 6.92 Å². The molecule has 0 aliphatic carbocycles. The average molecular weight is 258 g/mol. The largest absolute Gasteiger partial charge is 0.417 e. The fourth-order valence-corrected chi connectivity index (χ4v) is 1.41. The second-order valence-corrected chi connectivity index (χ2v) is 3.49. The third kappa shape index (κ3) is 3.93. The average Bonchev–Trinajstić information content (AvgIpc) is 2.33. The van der Waals surface area contributed by atoms with Crippen LogP contribution in [0.1, 0.15) is 18.1 Å². The van der Waals surface area contributed by atoms with Gasteiger partial charge in [-0.05, 0) is 25.1 Å². The highest BCUT2D eigenvalue weighted by Crippen LogP contribution is 2.32. The van der Waals surface area contributed by atoms with Crippen molar-refractivity contribution in [2.24, 2.45) is 0 Å². The van der Waals surface area contributed by atoms with Crippen LogP contribution in [0.2, 0.25) is 0 Å². The van der Waals surface area contributed by atoms with E-state index in [4.69, 9.17) is 10.00 Å². The molecule has 0 aliphatic rings. The fraction of sp³-hybridized carbons (Fsp3) is 0.417. The van der Waals surface area contributed by atoms with Crippen LogP contribution in [-0.2, 0) is 10.9 Å². The maximum absolute atomic E-state index is 12.5. The van der Waals surface area contributed by atoms with Gasteiger partial charge in [0.05, 0.1) is 23.8 Å². The minimum absolute atomic E-state index is 0.385. The number of hydrogen-bond acceptors (Lipinski definition) is 3. The third-order valence-corrected chi connectivity index (χ3v) is 2.23. The summed E-state index contributed by atoms with van der Waals surface area (Å²) in [7, 11) is 0. The summed E-state index contributed by atoms with van der Waals surface area (Å²) >= 11 is 0. The zero-order valence-corrected chi connectivity index (χ0v) is 9.84. The molecule has 0 atom stereocenters. The standard InChI is InChI=1S/C12H13F3N2O/c1-2-18-6-5-17-10-3-4-11(12(13,14)15)9(7-10)8-16/h3-4,7,17H,2,5-6H2,1H3. The number of benzene rings is 1. The Bertz CT molecular complexity index is 438. The van der Waals surface area contributed by atoms with E-state index in [2.05, 4.69) is 5.32 Å². The molecule has 0 saturated carbocycles. The lowest BCUT2D eigenvalue weighted by molar-refractivity contribution is -0.137. The molecule has 0 bridgehead atoms. The van der Waals surface area contributed by atoms with E-state index in [0.29, 0.717) is 25.4 Å². The van der Waals surface area contributed by atoms with Gasteiger partial charge in [-0.1, -0.05) is 0 Å². The molecular formula is C12H13F3N2O. The fourth-order valence-electron chi connectivity index (χ4n) is 1.41. The molecule has 0 aromatic heterocycles. The maximum Gasteiger partial charge on any atom is 0.417 e. The van der Waals surface area contributed by atoms with Crippen LogP contribution >= 0.6 is 0 Å².